The summed E-state index contributed by atoms with van der Waals surface area (Å²) in [6.07, 6.45) is 0. The third-order valence-corrected chi connectivity index (χ3v) is 4.29. The zero-order valence-electron chi connectivity index (χ0n) is 12.7. The van der Waals surface area contributed by atoms with E-state index in [1.165, 1.54) is 18.2 Å². The highest BCUT2D eigenvalue weighted by atomic mass is 19.1. The Kier molecular flexibility index (Phi) is 3.31. The van der Waals surface area contributed by atoms with Gasteiger partial charge in [0, 0.05) is 11.3 Å². The SMILES string of the molecule is O=C1Nc2cc(-c3ccccc3)ccc2C1c1cc(F)ccc1O. The van der Waals surface area contributed by atoms with Crippen molar-refractivity contribution in [1.29, 1.82) is 0 Å². The molecular weight excluding hydrogens is 305 g/mol. The molecule has 3 aromatic carbocycles. The average molecular weight is 319 g/mol. The predicted octanol–water partition coefficient (Wildman–Crippen LogP) is 4.28. The zero-order valence-corrected chi connectivity index (χ0v) is 12.7. The van der Waals surface area contributed by atoms with E-state index in [1.807, 2.05) is 48.5 Å². The van der Waals surface area contributed by atoms with Crippen LogP contribution >= 0.6 is 0 Å². The van der Waals surface area contributed by atoms with Gasteiger partial charge in [0.2, 0.25) is 5.91 Å². The molecule has 1 unspecified atom stereocenters. The molecule has 1 aliphatic rings. The van der Waals surface area contributed by atoms with E-state index < -0.39 is 11.7 Å². The number of phenols is 1. The van der Waals surface area contributed by atoms with Crippen LogP contribution in [0.3, 0.4) is 0 Å². The van der Waals surface area contributed by atoms with E-state index >= 15 is 0 Å². The van der Waals surface area contributed by atoms with Crippen molar-refractivity contribution in [3.8, 4) is 16.9 Å². The topological polar surface area (TPSA) is 49.3 Å². The standard InChI is InChI=1S/C20H14FNO2/c21-14-7-9-18(23)16(11-14)19-15-8-6-13(10-17(15)22-20(19)24)12-4-2-1-3-5-12/h1-11,19,23H,(H,22,24). The molecule has 0 radical (unpaired) electrons. The number of fused-ring (bicyclic) bond motifs is 1. The van der Waals surface area contributed by atoms with Gasteiger partial charge in [-0.05, 0) is 41.0 Å². The van der Waals surface area contributed by atoms with Crippen LogP contribution in [0.15, 0.2) is 66.7 Å². The Labute approximate surface area is 138 Å². The van der Waals surface area contributed by atoms with E-state index in [2.05, 4.69) is 5.32 Å². The molecule has 4 heteroatoms. The van der Waals surface area contributed by atoms with E-state index in [0.29, 0.717) is 5.69 Å². The molecule has 1 atom stereocenters. The second-order valence-electron chi connectivity index (χ2n) is 5.79. The number of nitrogens with one attached hydrogen (secondary N) is 1. The molecule has 0 bridgehead atoms. The number of carbonyl (C=O) groups excluding carboxylic acids is 1. The summed E-state index contributed by atoms with van der Waals surface area (Å²) < 4.78 is 13.5. The zero-order chi connectivity index (χ0) is 16.7. The number of halogens is 1. The van der Waals surface area contributed by atoms with Crippen LogP contribution < -0.4 is 5.32 Å². The van der Waals surface area contributed by atoms with Gasteiger partial charge in [-0.2, -0.15) is 0 Å². The van der Waals surface area contributed by atoms with Crippen molar-refractivity contribution in [3.63, 3.8) is 0 Å². The van der Waals surface area contributed by atoms with Crippen LogP contribution in [-0.4, -0.2) is 11.0 Å². The van der Waals surface area contributed by atoms with Gasteiger partial charge in [-0.1, -0.05) is 42.5 Å². The number of carbonyl (C=O) groups is 1. The molecule has 0 aromatic heterocycles. The molecule has 0 aliphatic carbocycles. The Balaban J connectivity index is 1.80. The lowest BCUT2D eigenvalue weighted by Gasteiger charge is -2.12. The molecule has 0 saturated heterocycles. The summed E-state index contributed by atoms with van der Waals surface area (Å²) in [5.74, 6) is -1.54. The molecule has 118 valence electrons. The van der Waals surface area contributed by atoms with Crippen molar-refractivity contribution in [3.05, 3.63) is 83.7 Å². The van der Waals surface area contributed by atoms with Crippen molar-refractivity contribution >= 4 is 11.6 Å². The van der Waals surface area contributed by atoms with Gasteiger partial charge in [0.1, 0.15) is 11.6 Å². The van der Waals surface area contributed by atoms with Crippen molar-refractivity contribution < 1.29 is 14.3 Å². The number of aromatic hydroxyl groups is 1. The first-order valence-electron chi connectivity index (χ1n) is 7.62. The molecule has 24 heavy (non-hydrogen) atoms. The van der Waals surface area contributed by atoms with Crippen LogP contribution in [0.4, 0.5) is 10.1 Å². The Morgan fingerprint density at radius 2 is 1.67 bits per heavy atom. The first kappa shape index (κ1) is 14.5. The number of amides is 1. The minimum atomic E-state index is -0.708. The summed E-state index contributed by atoms with van der Waals surface area (Å²) in [6.45, 7) is 0. The number of phenolic OH excluding ortho intramolecular Hbond substituents is 1. The van der Waals surface area contributed by atoms with Crippen molar-refractivity contribution in [2.45, 2.75) is 5.92 Å². The summed E-state index contributed by atoms with van der Waals surface area (Å²) in [5, 5.41) is 12.9. The van der Waals surface area contributed by atoms with Gasteiger partial charge in [0.15, 0.2) is 0 Å². The maximum Gasteiger partial charge on any atom is 0.236 e. The molecule has 0 spiro atoms. The highest BCUT2D eigenvalue weighted by Crippen LogP contribution is 2.42. The molecule has 2 N–H and O–H groups in total. The van der Waals surface area contributed by atoms with Crippen molar-refractivity contribution in [1.82, 2.24) is 0 Å². The fourth-order valence-electron chi connectivity index (χ4n) is 3.14. The van der Waals surface area contributed by atoms with Crippen LogP contribution in [0.5, 0.6) is 5.75 Å². The lowest BCUT2D eigenvalue weighted by molar-refractivity contribution is -0.116. The smallest absolute Gasteiger partial charge is 0.236 e. The first-order valence-corrected chi connectivity index (χ1v) is 7.62. The van der Waals surface area contributed by atoms with Gasteiger partial charge in [0.05, 0.1) is 5.92 Å². The first-order chi connectivity index (χ1) is 11.6. The molecule has 1 amide bonds. The van der Waals surface area contributed by atoms with Gasteiger partial charge in [-0.3, -0.25) is 4.79 Å². The summed E-state index contributed by atoms with van der Waals surface area (Å²) in [6, 6.07) is 19.2. The predicted molar refractivity (Wildman–Crippen MR) is 90.4 cm³/mol. The largest absolute Gasteiger partial charge is 0.508 e. The lowest BCUT2D eigenvalue weighted by Crippen LogP contribution is -2.13. The Bertz CT molecular complexity index is 938. The van der Waals surface area contributed by atoms with Gasteiger partial charge in [0.25, 0.3) is 0 Å². The van der Waals surface area contributed by atoms with Crippen LogP contribution in [0.2, 0.25) is 0 Å². The van der Waals surface area contributed by atoms with Crippen LogP contribution in [0, 0.1) is 5.82 Å². The highest BCUT2D eigenvalue weighted by molar-refractivity contribution is 6.06. The molecule has 4 rings (SSSR count). The molecule has 0 fully saturated rings. The fraction of sp³-hybridized carbons (Fsp3) is 0.0500. The fourth-order valence-corrected chi connectivity index (χ4v) is 3.14. The molecule has 1 aliphatic heterocycles. The quantitative estimate of drug-likeness (QED) is 0.740. The van der Waals surface area contributed by atoms with E-state index in [1.54, 1.807) is 0 Å². The highest BCUT2D eigenvalue weighted by Gasteiger charge is 2.34. The van der Waals surface area contributed by atoms with E-state index in [-0.39, 0.29) is 17.2 Å². The summed E-state index contributed by atoms with van der Waals surface area (Å²) in [4.78, 5) is 12.4. The minimum absolute atomic E-state index is 0.0865. The number of benzene rings is 3. The van der Waals surface area contributed by atoms with E-state index in [4.69, 9.17) is 0 Å². The molecular formula is C20H14FNO2. The third kappa shape index (κ3) is 2.33. The number of anilines is 1. The third-order valence-electron chi connectivity index (χ3n) is 4.29. The van der Waals surface area contributed by atoms with Gasteiger partial charge in [-0.25, -0.2) is 4.39 Å². The second kappa shape index (κ2) is 5.49. The van der Waals surface area contributed by atoms with Gasteiger partial charge < -0.3 is 10.4 Å². The molecule has 3 aromatic rings. The second-order valence-corrected chi connectivity index (χ2v) is 5.79. The molecule has 0 saturated carbocycles. The summed E-state index contributed by atoms with van der Waals surface area (Å²) >= 11 is 0. The molecule has 3 nitrogen and oxygen atoms in total. The lowest BCUT2D eigenvalue weighted by atomic mass is 9.90. The van der Waals surface area contributed by atoms with Gasteiger partial charge in [-0.15, -0.1) is 0 Å². The minimum Gasteiger partial charge on any atom is -0.508 e. The van der Waals surface area contributed by atoms with Crippen LogP contribution in [0.1, 0.15) is 17.0 Å². The Morgan fingerprint density at radius 1 is 0.875 bits per heavy atom. The Hall–Kier alpha value is -3.14. The average Bonchev–Trinajstić information content (AvgIpc) is 2.92. The summed E-state index contributed by atoms with van der Waals surface area (Å²) in [5.41, 5.74) is 3.74. The van der Waals surface area contributed by atoms with Crippen molar-refractivity contribution in [2.75, 3.05) is 5.32 Å². The monoisotopic (exact) mass is 319 g/mol. The van der Waals surface area contributed by atoms with Crippen LogP contribution in [-0.2, 0) is 4.79 Å². The number of hydrogen-bond donors (Lipinski definition) is 2. The maximum absolute atomic E-state index is 13.5. The normalized spacial score (nSPS) is 15.9. The number of hydrogen-bond acceptors (Lipinski definition) is 2. The van der Waals surface area contributed by atoms with Crippen molar-refractivity contribution in [2.24, 2.45) is 0 Å². The van der Waals surface area contributed by atoms with E-state index in [9.17, 15) is 14.3 Å². The van der Waals surface area contributed by atoms with Gasteiger partial charge >= 0.3 is 0 Å². The number of rotatable bonds is 2. The van der Waals surface area contributed by atoms with Crippen LogP contribution in [0.25, 0.3) is 11.1 Å². The van der Waals surface area contributed by atoms with E-state index in [0.717, 1.165) is 16.7 Å². The summed E-state index contributed by atoms with van der Waals surface area (Å²) in [7, 11) is 0. The molecule has 1 heterocycles. The Morgan fingerprint density at radius 3 is 2.46 bits per heavy atom. The maximum atomic E-state index is 13.5.